The third-order valence-corrected chi connectivity index (χ3v) is 2.19. The molecule has 1 aromatic rings. The third-order valence-electron chi connectivity index (χ3n) is 1.67. The van der Waals surface area contributed by atoms with Gasteiger partial charge in [-0.3, -0.25) is 0 Å². The van der Waals surface area contributed by atoms with Crippen LogP contribution in [-0.4, -0.2) is 16.7 Å². The van der Waals surface area contributed by atoms with Gasteiger partial charge in [-0.15, -0.1) is 0 Å². The Morgan fingerprint density at radius 1 is 1.54 bits per heavy atom. The predicted octanol–water partition coefficient (Wildman–Crippen LogP) is 1.77. The van der Waals surface area contributed by atoms with Gasteiger partial charge in [0.2, 0.25) is 0 Å². The zero-order chi connectivity index (χ0) is 9.84. The number of hydrogen-bond donors (Lipinski definition) is 2. The van der Waals surface area contributed by atoms with Crippen LogP contribution in [0.3, 0.4) is 0 Å². The van der Waals surface area contributed by atoms with Gasteiger partial charge >= 0.3 is 0 Å². The number of halogens is 2. The lowest BCUT2D eigenvalue weighted by molar-refractivity contribution is 0.276. The Bertz CT molecular complexity index is 293. The number of pyridine rings is 1. The third kappa shape index (κ3) is 2.81. The van der Waals surface area contributed by atoms with E-state index >= 15 is 0 Å². The molecule has 0 saturated heterocycles. The molecule has 0 aliphatic heterocycles. The van der Waals surface area contributed by atoms with Gasteiger partial charge in [-0.2, -0.15) is 0 Å². The highest BCUT2D eigenvalue weighted by atomic mass is 35.5. The van der Waals surface area contributed by atoms with Crippen molar-refractivity contribution in [3.8, 4) is 0 Å². The second kappa shape index (κ2) is 4.77. The van der Waals surface area contributed by atoms with E-state index < -0.39 is 0 Å². The molecule has 1 rings (SSSR count). The smallest absolute Gasteiger partial charge is 0.133 e. The number of nitrogens with zero attached hydrogens (tertiary/aromatic N) is 1. The highest BCUT2D eigenvalue weighted by Crippen LogP contribution is 2.24. The molecule has 0 amide bonds. The van der Waals surface area contributed by atoms with Crippen molar-refractivity contribution in [3.63, 3.8) is 0 Å². The lowest BCUT2D eigenvalue weighted by atomic mass is 10.1. The molecule has 0 aromatic carbocycles. The number of rotatable bonds is 3. The molecule has 0 saturated carbocycles. The van der Waals surface area contributed by atoms with E-state index in [1.807, 2.05) is 0 Å². The lowest BCUT2D eigenvalue weighted by Crippen LogP contribution is -2.12. The lowest BCUT2D eigenvalue weighted by Gasteiger charge is -2.11. The van der Waals surface area contributed by atoms with Crippen molar-refractivity contribution in [1.82, 2.24) is 4.98 Å². The first-order chi connectivity index (χ1) is 6.15. The number of aliphatic hydroxyl groups is 1. The van der Waals surface area contributed by atoms with Gasteiger partial charge < -0.3 is 10.8 Å². The first-order valence-electron chi connectivity index (χ1n) is 3.82. The maximum Gasteiger partial charge on any atom is 0.133 e. The fourth-order valence-corrected chi connectivity index (χ4v) is 1.40. The van der Waals surface area contributed by atoms with Crippen LogP contribution in [0.15, 0.2) is 12.3 Å². The van der Waals surface area contributed by atoms with Crippen molar-refractivity contribution in [2.75, 3.05) is 6.61 Å². The highest BCUT2D eigenvalue weighted by Gasteiger charge is 2.10. The second-order valence-electron chi connectivity index (χ2n) is 2.65. The van der Waals surface area contributed by atoms with Gasteiger partial charge in [-0.1, -0.05) is 23.2 Å². The molecule has 5 heteroatoms. The first-order valence-corrected chi connectivity index (χ1v) is 4.58. The maximum absolute atomic E-state index is 8.68. The van der Waals surface area contributed by atoms with Crippen LogP contribution in [-0.2, 0) is 0 Å². The molecule has 72 valence electrons. The number of aromatic nitrogens is 1. The Balaban J connectivity index is 2.91. The van der Waals surface area contributed by atoms with Crippen LogP contribution in [0.2, 0.25) is 10.2 Å². The molecule has 0 aliphatic rings. The van der Waals surface area contributed by atoms with Gasteiger partial charge in [0.25, 0.3) is 0 Å². The van der Waals surface area contributed by atoms with Gasteiger partial charge in [-0.25, -0.2) is 4.98 Å². The van der Waals surface area contributed by atoms with Crippen molar-refractivity contribution >= 4 is 23.2 Å². The van der Waals surface area contributed by atoms with Crippen molar-refractivity contribution in [3.05, 3.63) is 28.0 Å². The first kappa shape index (κ1) is 10.7. The standard InChI is InChI=1S/C8H10Cl2N2O/c9-5-3-6(7(11)1-2-13)8(10)12-4-5/h3-4,7,13H,1-2,11H2/t7-/m1/s1. The molecule has 0 aliphatic carbocycles. The molecule has 3 nitrogen and oxygen atoms in total. The average molecular weight is 221 g/mol. The topological polar surface area (TPSA) is 59.1 Å². The molecular weight excluding hydrogens is 211 g/mol. The van der Waals surface area contributed by atoms with Gasteiger partial charge in [0.1, 0.15) is 5.15 Å². The monoisotopic (exact) mass is 220 g/mol. The Labute approximate surface area is 86.5 Å². The Hall–Kier alpha value is -0.350. The summed E-state index contributed by atoms with van der Waals surface area (Å²) in [5, 5.41) is 9.51. The number of aliphatic hydroxyl groups excluding tert-OH is 1. The second-order valence-corrected chi connectivity index (χ2v) is 3.45. The normalized spacial score (nSPS) is 12.9. The molecule has 3 N–H and O–H groups in total. The fraction of sp³-hybridized carbons (Fsp3) is 0.375. The summed E-state index contributed by atoms with van der Waals surface area (Å²) in [5.41, 5.74) is 6.40. The molecule has 1 atom stereocenters. The Morgan fingerprint density at radius 3 is 2.85 bits per heavy atom. The summed E-state index contributed by atoms with van der Waals surface area (Å²) in [4.78, 5) is 3.85. The van der Waals surface area contributed by atoms with Crippen molar-refractivity contribution in [2.45, 2.75) is 12.5 Å². The summed E-state index contributed by atoms with van der Waals surface area (Å²) in [5.74, 6) is 0. The SMILES string of the molecule is N[C@H](CCO)c1cc(Cl)cnc1Cl. The molecule has 1 aromatic heterocycles. The number of nitrogens with two attached hydrogens (primary N) is 1. The van der Waals surface area contributed by atoms with Crippen LogP contribution < -0.4 is 5.73 Å². The summed E-state index contributed by atoms with van der Waals surface area (Å²) in [6, 6.07) is 1.35. The molecule has 0 unspecified atom stereocenters. The maximum atomic E-state index is 8.68. The van der Waals surface area contributed by atoms with E-state index in [1.165, 1.54) is 6.20 Å². The molecule has 0 fully saturated rings. The van der Waals surface area contributed by atoms with E-state index in [4.69, 9.17) is 34.0 Å². The molecule has 0 spiro atoms. The van der Waals surface area contributed by atoms with Crippen molar-refractivity contribution in [1.29, 1.82) is 0 Å². The summed E-state index contributed by atoms with van der Waals surface area (Å²) in [6.45, 7) is 0.0179. The van der Waals surface area contributed by atoms with E-state index in [2.05, 4.69) is 4.98 Å². The number of hydrogen-bond acceptors (Lipinski definition) is 3. The molecule has 0 radical (unpaired) electrons. The zero-order valence-electron chi connectivity index (χ0n) is 6.87. The average Bonchev–Trinajstić information content (AvgIpc) is 2.09. The van der Waals surface area contributed by atoms with Crippen molar-refractivity contribution < 1.29 is 5.11 Å². The molecule has 13 heavy (non-hydrogen) atoms. The van der Waals surface area contributed by atoms with Gasteiger partial charge in [0, 0.05) is 24.4 Å². The van der Waals surface area contributed by atoms with Gasteiger partial charge in [0.05, 0.1) is 5.02 Å². The largest absolute Gasteiger partial charge is 0.396 e. The van der Waals surface area contributed by atoms with E-state index in [0.717, 1.165) is 0 Å². The summed E-state index contributed by atoms with van der Waals surface area (Å²) >= 11 is 11.5. The quantitative estimate of drug-likeness (QED) is 0.764. The summed E-state index contributed by atoms with van der Waals surface area (Å²) in [7, 11) is 0. The van der Waals surface area contributed by atoms with E-state index in [0.29, 0.717) is 22.2 Å². The molecule has 1 heterocycles. The predicted molar refractivity (Wildman–Crippen MR) is 52.9 cm³/mol. The van der Waals surface area contributed by atoms with E-state index in [1.54, 1.807) is 6.07 Å². The van der Waals surface area contributed by atoms with Gasteiger partial charge in [0.15, 0.2) is 0 Å². The summed E-state index contributed by atoms with van der Waals surface area (Å²) < 4.78 is 0. The van der Waals surface area contributed by atoms with E-state index in [-0.39, 0.29) is 12.6 Å². The molecular formula is C8H10Cl2N2O. The van der Waals surface area contributed by atoms with Crippen LogP contribution in [0.25, 0.3) is 0 Å². The minimum absolute atomic E-state index is 0.0179. The fourth-order valence-electron chi connectivity index (χ4n) is 0.993. The summed E-state index contributed by atoms with van der Waals surface area (Å²) in [6.07, 6.45) is 1.90. The minimum atomic E-state index is -0.316. The Kier molecular flexibility index (Phi) is 3.93. The van der Waals surface area contributed by atoms with Crippen LogP contribution in [0, 0.1) is 0 Å². The van der Waals surface area contributed by atoms with Crippen LogP contribution >= 0.6 is 23.2 Å². The van der Waals surface area contributed by atoms with Crippen LogP contribution in [0.5, 0.6) is 0 Å². The van der Waals surface area contributed by atoms with Crippen LogP contribution in [0.4, 0.5) is 0 Å². The van der Waals surface area contributed by atoms with Crippen LogP contribution in [0.1, 0.15) is 18.0 Å². The highest BCUT2D eigenvalue weighted by molar-refractivity contribution is 6.32. The van der Waals surface area contributed by atoms with Gasteiger partial charge in [-0.05, 0) is 12.5 Å². The Morgan fingerprint density at radius 2 is 2.23 bits per heavy atom. The van der Waals surface area contributed by atoms with E-state index in [9.17, 15) is 0 Å². The zero-order valence-corrected chi connectivity index (χ0v) is 8.39. The minimum Gasteiger partial charge on any atom is -0.396 e. The van der Waals surface area contributed by atoms with Crippen molar-refractivity contribution in [2.24, 2.45) is 5.73 Å². The molecule has 0 bridgehead atoms.